The van der Waals surface area contributed by atoms with Gasteiger partial charge in [0.2, 0.25) is 0 Å². The summed E-state index contributed by atoms with van der Waals surface area (Å²) in [6.07, 6.45) is 2.72. The number of nitrogens with one attached hydrogen (secondary N) is 1. The van der Waals surface area contributed by atoms with Gasteiger partial charge in [-0.2, -0.15) is 4.72 Å². The van der Waals surface area contributed by atoms with Crippen LogP contribution in [0, 0.1) is 0 Å². The van der Waals surface area contributed by atoms with Gasteiger partial charge in [-0.1, -0.05) is 0 Å². The molecule has 1 rings (SSSR count). The first kappa shape index (κ1) is 15.6. The number of ether oxygens (including phenoxy) is 1. The zero-order valence-electron chi connectivity index (χ0n) is 11.7. The Labute approximate surface area is 113 Å². The third-order valence-corrected chi connectivity index (χ3v) is 3.47. The van der Waals surface area contributed by atoms with Crippen molar-refractivity contribution in [3.8, 4) is 0 Å². The number of nitrogens with zero attached hydrogens (tertiary/aromatic N) is 2. The summed E-state index contributed by atoms with van der Waals surface area (Å²) in [6.45, 7) is 6.56. The molecule has 1 aromatic rings. The van der Waals surface area contributed by atoms with Crippen molar-refractivity contribution in [2.24, 2.45) is 7.05 Å². The van der Waals surface area contributed by atoms with E-state index in [4.69, 9.17) is 4.74 Å². The number of esters is 1. The lowest BCUT2D eigenvalue weighted by molar-refractivity contribution is -0.156. The van der Waals surface area contributed by atoms with Gasteiger partial charge in [-0.3, -0.25) is 4.79 Å². The van der Waals surface area contributed by atoms with Gasteiger partial charge in [0.1, 0.15) is 11.6 Å². The average Bonchev–Trinajstić information content (AvgIpc) is 2.62. The van der Waals surface area contributed by atoms with Crippen LogP contribution in [0.3, 0.4) is 0 Å². The number of aryl methyl sites for hydroxylation is 1. The van der Waals surface area contributed by atoms with Crippen LogP contribution in [0.5, 0.6) is 0 Å². The summed E-state index contributed by atoms with van der Waals surface area (Å²) in [5.74, 6) is -0.632. The maximum Gasteiger partial charge on any atom is 0.324 e. The summed E-state index contributed by atoms with van der Waals surface area (Å²) in [5.41, 5.74) is -0.665. The Kier molecular flexibility index (Phi) is 4.36. The van der Waals surface area contributed by atoms with Crippen molar-refractivity contribution >= 4 is 16.0 Å². The summed E-state index contributed by atoms with van der Waals surface area (Å²) in [4.78, 5) is 15.4. The van der Waals surface area contributed by atoms with Crippen LogP contribution in [0.25, 0.3) is 0 Å². The third-order valence-electron chi connectivity index (χ3n) is 2.05. The molecule has 1 atom stereocenters. The summed E-state index contributed by atoms with van der Waals surface area (Å²) < 4.78 is 32.7. The molecule has 0 aromatic carbocycles. The minimum Gasteiger partial charge on any atom is -0.459 e. The number of hydrogen-bond donors (Lipinski definition) is 1. The quantitative estimate of drug-likeness (QED) is 0.812. The molecule has 0 saturated carbocycles. The predicted octanol–water partition coefficient (Wildman–Crippen LogP) is 0.429. The molecular formula is C11H19N3O4S. The van der Waals surface area contributed by atoms with E-state index in [0.29, 0.717) is 0 Å². The smallest absolute Gasteiger partial charge is 0.324 e. The van der Waals surface area contributed by atoms with Gasteiger partial charge >= 0.3 is 5.97 Å². The Hall–Kier alpha value is -1.41. The van der Waals surface area contributed by atoms with E-state index in [1.165, 1.54) is 24.0 Å². The zero-order chi connectivity index (χ0) is 14.8. The molecule has 108 valence electrons. The Morgan fingerprint density at radius 1 is 1.47 bits per heavy atom. The monoisotopic (exact) mass is 289 g/mol. The fraction of sp³-hybridized carbons (Fsp3) is 0.636. The van der Waals surface area contributed by atoms with Crippen LogP contribution in [-0.4, -0.2) is 35.6 Å². The molecular weight excluding hydrogens is 270 g/mol. The lowest BCUT2D eigenvalue weighted by Crippen LogP contribution is -2.42. The summed E-state index contributed by atoms with van der Waals surface area (Å²) in [7, 11) is -2.17. The van der Waals surface area contributed by atoms with E-state index in [1.54, 1.807) is 27.8 Å². The first-order chi connectivity index (χ1) is 8.51. The number of carbonyl (C=O) groups excluding carboxylic acids is 1. The van der Waals surface area contributed by atoms with Crippen molar-refractivity contribution < 1.29 is 17.9 Å². The van der Waals surface area contributed by atoms with Gasteiger partial charge in [-0.25, -0.2) is 13.4 Å². The Bertz CT molecular complexity index is 557. The van der Waals surface area contributed by atoms with Crippen LogP contribution in [0.15, 0.2) is 17.6 Å². The number of rotatable bonds is 4. The molecule has 0 aliphatic rings. The van der Waals surface area contributed by atoms with E-state index in [-0.39, 0.29) is 5.03 Å². The van der Waals surface area contributed by atoms with Crippen LogP contribution in [-0.2, 0) is 26.6 Å². The van der Waals surface area contributed by atoms with Gasteiger partial charge in [0, 0.05) is 13.2 Å². The third kappa shape index (κ3) is 4.64. The predicted molar refractivity (Wildman–Crippen MR) is 68.8 cm³/mol. The Morgan fingerprint density at radius 3 is 2.47 bits per heavy atom. The minimum absolute atomic E-state index is 0.134. The first-order valence-electron chi connectivity index (χ1n) is 5.74. The van der Waals surface area contributed by atoms with Crippen LogP contribution in [0.4, 0.5) is 0 Å². The number of carbonyl (C=O) groups is 1. The molecule has 1 aromatic heterocycles. The highest BCUT2D eigenvalue weighted by Crippen LogP contribution is 2.10. The molecule has 1 heterocycles. The van der Waals surface area contributed by atoms with Gasteiger partial charge in [0.15, 0.2) is 5.03 Å². The highest BCUT2D eigenvalue weighted by Gasteiger charge is 2.27. The summed E-state index contributed by atoms with van der Waals surface area (Å²) in [6, 6.07) is -0.980. The van der Waals surface area contributed by atoms with E-state index in [9.17, 15) is 13.2 Å². The fourth-order valence-electron chi connectivity index (χ4n) is 1.26. The standard InChI is InChI=1S/C11H19N3O4S/c1-8(10(15)18-11(2,3)4)13-19(16,17)9-6-14(5)7-12-9/h6-8,13H,1-5H3/t8-/m0/s1. The molecule has 7 nitrogen and oxygen atoms in total. The zero-order valence-corrected chi connectivity index (χ0v) is 12.5. The second-order valence-electron chi connectivity index (χ2n) is 5.25. The first-order valence-corrected chi connectivity index (χ1v) is 7.23. The van der Waals surface area contributed by atoms with Crippen molar-refractivity contribution in [3.63, 3.8) is 0 Å². The maximum absolute atomic E-state index is 11.9. The number of sulfonamides is 1. The van der Waals surface area contributed by atoms with Crippen LogP contribution in [0.1, 0.15) is 27.7 Å². The lowest BCUT2D eigenvalue weighted by atomic mass is 10.2. The maximum atomic E-state index is 11.9. The van der Waals surface area contributed by atoms with Crippen molar-refractivity contribution in [1.82, 2.24) is 14.3 Å². The van der Waals surface area contributed by atoms with Crippen molar-refractivity contribution in [2.45, 2.75) is 44.4 Å². The molecule has 0 amide bonds. The van der Waals surface area contributed by atoms with Crippen LogP contribution < -0.4 is 4.72 Å². The SMILES string of the molecule is C[C@H](NS(=O)(=O)c1cn(C)cn1)C(=O)OC(C)(C)C. The van der Waals surface area contributed by atoms with E-state index >= 15 is 0 Å². The van der Waals surface area contributed by atoms with E-state index < -0.39 is 27.6 Å². The molecule has 0 fully saturated rings. The normalized spacial score (nSPS) is 14.2. The second kappa shape index (κ2) is 5.30. The van der Waals surface area contributed by atoms with Gasteiger partial charge in [-0.15, -0.1) is 0 Å². The molecule has 8 heteroatoms. The molecule has 0 aliphatic carbocycles. The van der Waals surface area contributed by atoms with E-state index in [2.05, 4.69) is 9.71 Å². The van der Waals surface area contributed by atoms with Crippen molar-refractivity contribution in [3.05, 3.63) is 12.5 Å². The summed E-state index contributed by atoms with van der Waals surface area (Å²) in [5, 5.41) is -0.134. The molecule has 0 radical (unpaired) electrons. The molecule has 0 saturated heterocycles. The van der Waals surface area contributed by atoms with Gasteiger partial charge in [0.05, 0.1) is 6.33 Å². The largest absolute Gasteiger partial charge is 0.459 e. The number of hydrogen-bond acceptors (Lipinski definition) is 5. The topological polar surface area (TPSA) is 90.3 Å². The fourth-order valence-corrected chi connectivity index (χ4v) is 2.43. The number of aromatic nitrogens is 2. The second-order valence-corrected chi connectivity index (χ2v) is 6.91. The van der Waals surface area contributed by atoms with Gasteiger partial charge in [0.25, 0.3) is 10.0 Å². The molecule has 1 N–H and O–H groups in total. The summed E-state index contributed by atoms with van der Waals surface area (Å²) >= 11 is 0. The molecule has 0 bridgehead atoms. The molecule has 0 unspecified atom stereocenters. The van der Waals surface area contributed by atoms with Crippen LogP contribution in [0.2, 0.25) is 0 Å². The van der Waals surface area contributed by atoms with Crippen molar-refractivity contribution in [1.29, 1.82) is 0 Å². The Balaban J connectivity index is 2.76. The van der Waals surface area contributed by atoms with Crippen molar-refractivity contribution in [2.75, 3.05) is 0 Å². The molecule has 0 aliphatic heterocycles. The van der Waals surface area contributed by atoms with Gasteiger partial charge < -0.3 is 9.30 Å². The highest BCUT2D eigenvalue weighted by molar-refractivity contribution is 7.89. The molecule has 0 spiro atoms. The van der Waals surface area contributed by atoms with Gasteiger partial charge in [-0.05, 0) is 27.7 Å². The lowest BCUT2D eigenvalue weighted by Gasteiger charge is -2.22. The molecule has 19 heavy (non-hydrogen) atoms. The Morgan fingerprint density at radius 2 is 2.05 bits per heavy atom. The highest BCUT2D eigenvalue weighted by atomic mass is 32.2. The number of imidazole rings is 1. The van der Waals surface area contributed by atoms with E-state index in [0.717, 1.165) is 0 Å². The van der Waals surface area contributed by atoms with Crippen LogP contribution >= 0.6 is 0 Å². The minimum atomic E-state index is -3.82. The van der Waals surface area contributed by atoms with E-state index in [1.807, 2.05) is 0 Å². The average molecular weight is 289 g/mol.